The molecule has 19 heavy (non-hydrogen) atoms. The van der Waals surface area contributed by atoms with Gasteiger partial charge >= 0.3 is 0 Å². The maximum Gasteiger partial charge on any atom is 0.255 e. The summed E-state index contributed by atoms with van der Waals surface area (Å²) in [6.07, 6.45) is 1.99. The largest absolute Gasteiger partial charge is 0.337 e. The number of hydrogen-bond acceptors (Lipinski definition) is 4. The summed E-state index contributed by atoms with van der Waals surface area (Å²) in [6, 6.07) is 3.48. The lowest BCUT2D eigenvalue weighted by atomic mass is 10.2. The summed E-state index contributed by atoms with van der Waals surface area (Å²) >= 11 is 0. The lowest BCUT2D eigenvalue weighted by Gasteiger charge is -2.16. The fourth-order valence-corrected chi connectivity index (χ4v) is 3.23. The number of carbonyl (C=O) groups excluding carboxylic acids is 1. The summed E-state index contributed by atoms with van der Waals surface area (Å²) in [6.45, 7) is 2.54. The van der Waals surface area contributed by atoms with Crippen LogP contribution in [0.15, 0.2) is 18.3 Å². The van der Waals surface area contributed by atoms with Crippen molar-refractivity contribution in [1.29, 1.82) is 0 Å². The summed E-state index contributed by atoms with van der Waals surface area (Å²) in [5.41, 5.74) is 1.33. The molecule has 104 valence electrons. The molecule has 1 aromatic rings. The van der Waals surface area contributed by atoms with Crippen molar-refractivity contribution in [2.24, 2.45) is 0 Å². The van der Waals surface area contributed by atoms with Crippen LogP contribution >= 0.6 is 0 Å². The van der Waals surface area contributed by atoms with Gasteiger partial charge in [-0.1, -0.05) is 0 Å². The predicted molar refractivity (Wildman–Crippen MR) is 71.3 cm³/mol. The van der Waals surface area contributed by atoms with Crippen LogP contribution in [0, 0.1) is 6.92 Å². The Morgan fingerprint density at radius 2 is 2.21 bits per heavy atom. The molecule has 1 fully saturated rings. The SMILES string of the molecule is CNS(=O)(=O)C1CCN(C(=O)c2ccc(C)nc2)C1. The molecule has 0 bridgehead atoms. The quantitative estimate of drug-likeness (QED) is 0.856. The van der Waals surface area contributed by atoms with Crippen LogP contribution in [0.2, 0.25) is 0 Å². The van der Waals surface area contributed by atoms with Crippen molar-refractivity contribution in [3.05, 3.63) is 29.6 Å². The number of likely N-dealkylation sites (tertiary alicyclic amines) is 1. The third-order valence-corrected chi connectivity index (χ3v) is 5.15. The second-order valence-electron chi connectivity index (χ2n) is 4.60. The molecule has 1 aliphatic heterocycles. The van der Waals surface area contributed by atoms with Crippen molar-refractivity contribution >= 4 is 15.9 Å². The normalized spacial score (nSPS) is 19.7. The van der Waals surface area contributed by atoms with E-state index in [1.807, 2.05) is 6.92 Å². The lowest BCUT2D eigenvalue weighted by Crippen LogP contribution is -2.36. The van der Waals surface area contributed by atoms with Crippen LogP contribution in [-0.2, 0) is 10.0 Å². The van der Waals surface area contributed by atoms with Crippen LogP contribution in [0.5, 0.6) is 0 Å². The van der Waals surface area contributed by atoms with Crippen LogP contribution in [-0.4, -0.2) is 49.6 Å². The molecule has 1 aliphatic rings. The molecule has 1 N–H and O–H groups in total. The van der Waals surface area contributed by atoms with Gasteiger partial charge in [0.05, 0.1) is 10.8 Å². The number of aryl methyl sites for hydroxylation is 1. The second kappa shape index (κ2) is 5.26. The van der Waals surface area contributed by atoms with Crippen molar-refractivity contribution < 1.29 is 13.2 Å². The van der Waals surface area contributed by atoms with Crippen molar-refractivity contribution in [3.63, 3.8) is 0 Å². The average Bonchev–Trinajstić information content (AvgIpc) is 2.89. The van der Waals surface area contributed by atoms with Crippen molar-refractivity contribution in [1.82, 2.24) is 14.6 Å². The molecule has 0 radical (unpaired) electrons. The highest BCUT2D eigenvalue weighted by molar-refractivity contribution is 7.90. The number of aromatic nitrogens is 1. The number of hydrogen-bond donors (Lipinski definition) is 1. The summed E-state index contributed by atoms with van der Waals surface area (Å²) in [5.74, 6) is -0.165. The minimum absolute atomic E-state index is 0.165. The van der Waals surface area contributed by atoms with E-state index >= 15 is 0 Å². The zero-order chi connectivity index (χ0) is 14.0. The van der Waals surface area contributed by atoms with Gasteiger partial charge in [0.25, 0.3) is 5.91 Å². The monoisotopic (exact) mass is 283 g/mol. The Morgan fingerprint density at radius 1 is 1.47 bits per heavy atom. The molecule has 0 spiro atoms. The van der Waals surface area contributed by atoms with E-state index in [1.165, 1.54) is 13.2 Å². The highest BCUT2D eigenvalue weighted by Crippen LogP contribution is 2.18. The number of sulfonamides is 1. The van der Waals surface area contributed by atoms with Gasteiger partial charge in [-0.05, 0) is 32.5 Å². The molecule has 1 saturated heterocycles. The van der Waals surface area contributed by atoms with Crippen molar-refractivity contribution in [2.75, 3.05) is 20.1 Å². The molecule has 0 aromatic carbocycles. The first-order chi connectivity index (χ1) is 8.94. The van der Waals surface area contributed by atoms with Gasteiger partial charge in [-0.3, -0.25) is 9.78 Å². The number of rotatable bonds is 3. The van der Waals surface area contributed by atoms with Crippen LogP contribution in [0.25, 0.3) is 0 Å². The smallest absolute Gasteiger partial charge is 0.255 e. The third kappa shape index (κ3) is 2.93. The van der Waals surface area contributed by atoms with Gasteiger partial charge in [-0.2, -0.15) is 0 Å². The number of carbonyl (C=O) groups is 1. The maximum absolute atomic E-state index is 12.2. The summed E-state index contributed by atoms with van der Waals surface area (Å²) in [7, 11) is -1.92. The number of amides is 1. The van der Waals surface area contributed by atoms with E-state index in [0.717, 1.165) is 5.69 Å². The maximum atomic E-state index is 12.2. The molecule has 2 heterocycles. The first-order valence-electron chi connectivity index (χ1n) is 6.08. The highest BCUT2D eigenvalue weighted by Gasteiger charge is 2.34. The Morgan fingerprint density at radius 3 is 2.79 bits per heavy atom. The van der Waals surface area contributed by atoms with Crippen LogP contribution < -0.4 is 4.72 Å². The molecule has 0 saturated carbocycles. The fourth-order valence-electron chi connectivity index (χ4n) is 2.11. The molecule has 1 atom stereocenters. The van der Waals surface area contributed by atoms with E-state index in [0.29, 0.717) is 18.5 Å². The van der Waals surface area contributed by atoms with Gasteiger partial charge in [-0.25, -0.2) is 13.1 Å². The van der Waals surface area contributed by atoms with E-state index in [1.54, 1.807) is 17.0 Å². The third-order valence-electron chi connectivity index (χ3n) is 3.31. The molecule has 0 aliphatic carbocycles. The van der Waals surface area contributed by atoms with Crippen LogP contribution in [0.1, 0.15) is 22.5 Å². The molecule has 1 amide bonds. The van der Waals surface area contributed by atoms with Crippen molar-refractivity contribution in [2.45, 2.75) is 18.6 Å². The Hall–Kier alpha value is -1.47. The molecule has 2 rings (SSSR count). The van der Waals surface area contributed by atoms with Gasteiger partial charge in [0.1, 0.15) is 0 Å². The van der Waals surface area contributed by atoms with Crippen LogP contribution in [0.4, 0.5) is 0 Å². The van der Waals surface area contributed by atoms with E-state index in [2.05, 4.69) is 9.71 Å². The summed E-state index contributed by atoms with van der Waals surface area (Å²) in [4.78, 5) is 17.8. The first-order valence-corrected chi connectivity index (χ1v) is 7.63. The van der Waals surface area contributed by atoms with Crippen LogP contribution in [0.3, 0.4) is 0 Å². The highest BCUT2D eigenvalue weighted by atomic mass is 32.2. The van der Waals surface area contributed by atoms with Crippen molar-refractivity contribution in [3.8, 4) is 0 Å². The van der Waals surface area contributed by atoms with E-state index in [4.69, 9.17) is 0 Å². The van der Waals surface area contributed by atoms with Gasteiger partial charge in [0.15, 0.2) is 0 Å². The zero-order valence-electron chi connectivity index (χ0n) is 11.0. The Balaban J connectivity index is 2.09. The number of nitrogens with one attached hydrogen (secondary N) is 1. The van der Waals surface area contributed by atoms with Gasteiger partial charge < -0.3 is 4.90 Å². The summed E-state index contributed by atoms with van der Waals surface area (Å²) in [5, 5.41) is -0.528. The molecule has 1 aromatic heterocycles. The minimum Gasteiger partial charge on any atom is -0.337 e. The van der Waals surface area contributed by atoms with E-state index < -0.39 is 15.3 Å². The van der Waals surface area contributed by atoms with Gasteiger partial charge in [0, 0.05) is 25.0 Å². The summed E-state index contributed by atoms with van der Waals surface area (Å²) < 4.78 is 25.7. The number of nitrogens with zero attached hydrogens (tertiary/aromatic N) is 2. The van der Waals surface area contributed by atoms with Gasteiger partial charge in [0.2, 0.25) is 10.0 Å². The minimum atomic E-state index is -3.31. The Labute approximate surface area is 112 Å². The molecule has 7 heteroatoms. The fraction of sp³-hybridized carbons (Fsp3) is 0.500. The predicted octanol–water partition coefficient (Wildman–Crippen LogP) is 0.154. The van der Waals surface area contributed by atoms with Gasteiger partial charge in [-0.15, -0.1) is 0 Å². The zero-order valence-corrected chi connectivity index (χ0v) is 11.8. The lowest BCUT2D eigenvalue weighted by molar-refractivity contribution is 0.0792. The van der Waals surface area contributed by atoms with E-state index in [-0.39, 0.29) is 12.5 Å². The molecule has 6 nitrogen and oxygen atoms in total. The second-order valence-corrected chi connectivity index (χ2v) is 6.76. The topological polar surface area (TPSA) is 79.4 Å². The number of pyridine rings is 1. The molecular formula is C12H17N3O3S. The molecular weight excluding hydrogens is 266 g/mol. The Kier molecular flexibility index (Phi) is 3.86. The standard InChI is InChI=1S/C12H17N3O3S/c1-9-3-4-10(7-14-9)12(16)15-6-5-11(8-15)19(17,18)13-2/h3-4,7,11,13H,5-6,8H2,1-2H3. The van der Waals surface area contributed by atoms with E-state index in [9.17, 15) is 13.2 Å². The Bertz CT molecular complexity index is 568. The average molecular weight is 283 g/mol. The molecule has 1 unspecified atom stereocenters. The first kappa shape index (κ1) is 14.0.